The van der Waals surface area contributed by atoms with Crippen molar-refractivity contribution in [3.05, 3.63) is 40.2 Å². The van der Waals surface area contributed by atoms with E-state index in [1.54, 1.807) is 23.0 Å². The summed E-state index contributed by atoms with van der Waals surface area (Å²) in [5.41, 5.74) is 1.20. The molecule has 3 nitrogen and oxygen atoms in total. The summed E-state index contributed by atoms with van der Waals surface area (Å²) in [6.07, 6.45) is 4.84. The third kappa shape index (κ3) is 2.42. The van der Waals surface area contributed by atoms with Gasteiger partial charge in [-0.1, -0.05) is 15.9 Å². The van der Waals surface area contributed by atoms with Crippen LogP contribution in [0.25, 0.3) is 11.3 Å². The zero-order chi connectivity index (χ0) is 14.3. The molecule has 0 radical (unpaired) electrons. The number of hydrogen-bond donors (Lipinski definition) is 0. The maximum absolute atomic E-state index is 14.0. The molecule has 1 aromatic carbocycles. The molecule has 0 amide bonds. The molecule has 1 atom stereocenters. The summed E-state index contributed by atoms with van der Waals surface area (Å²) >= 11 is 3.23. The summed E-state index contributed by atoms with van der Waals surface area (Å²) in [6, 6.07) is 5.02. The minimum atomic E-state index is -0.383. The van der Waals surface area contributed by atoms with Crippen molar-refractivity contribution in [3.8, 4) is 11.3 Å². The van der Waals surface area contributed by atoms with Crippen molar-refractivity contribution >= 4 is 22.2 Å². The average molecular weight is 337 g/mol. The van der Waals surface area contributed by atoms with Crippen molar-refractivity contribution in [2.75, 3.05) is 0 Å². The van der Waals surface area contributed by atoms with Gasteiger partial charge in [-0.3, -0.25) is 9.48 Å². The van der Waals surface area contributed by atoms with Crippen molar-refractivity contribution < 1.29 is 9.18 Å². The van der Waals surface area contributed by atoms with E-state index in [-0.39, 0.29) is 11.9 Å². The number of hydrogen-bond acceptors (Lipinski definition) is 2. The summed E-state index contributed by atoms with van der Waals surface area (Å²) in [4.78, 5) is 11.2. The highest BCUT2D eigenvalue weighted by Crippen LogP contribution is 2.39. The van der Waals surface area contributed by atoms with Gasteiger partial charge in [-0.2, -0.15) is 5.10 Å². The van der Waals surface area contributed by atoms with E-state index >= 15 is 0 Å². The molecule has 1 aliphatic carbocycles. The van der Waals surface area contributed by atoms with Gasteiger partial charge in [0.25, 0.3) is 0 Å². The van der Waals surface area contributed by atoms with Crippen LogP contribution in [0.1, 0.15) is 36.2 Å². The third-order valence-electron chi connectivity index (χ3n) is 3.79. The minimum absolute atomic E-state index is 0.251. The second-order valence-electron chi connectivity index (χ2n) is 5.23. The Labute approximate surface area is 124 Å². The quantitative estimate of drug-likeness (QED) is 0.783. The Kier molecular flexibility index (Phi) is 3.46. The molecule has 1 fully saturated rings. The summed E-state index contributed by atoms with van der Waals surface area (Å²) in [5.74, 6) is 0.240. The first-order valence-electron chi connectivity index (χ1n) is 6.60. The first-order valence-corrected chi connectivity index (χ1v) is 7.39. The molecule has 1 heterocycles. The number of aromatic nitrogens is 2. The largest absolute Gasteiger partial charge is 0.298 e. The molecule has 1 unspecified atom stereocenters. The molecule has 2 aromatic rings. The van der Waals surface area contributed by atoms with Gasteiger partial charge in [-0.15, -0.1) is 0 Å². The van der Waals surface area contributed by atoms with Crippen LogP contribution in [0.15, 0.2) is 28.9 Å². The molecule has 1 aromatic heterocycles. The monoisotopic (exact) mass is 336 g/mol. The molecule has 0 aliphatic heterocycles. The van der Waals surface area contributed by atoms with Gasteiger partial charge < -0.3 is 0 Å². The Hall–Kier alpha value is -1.49. The number of carbonyl (C=O) groups excluding carboxylic acids is 1. The lowest BCUT2D eigenvalue weighted by Crippen LogP contribution is -2.07. The van der Waals surface area contributed by atoms with Gasteiger partial charge in [-0.25, -0.2) is 4.39 Å². The summed E-state index contributed by atoms with van der Waals surface area (Å²) in [5, 5.41) is 4.43. The molecule has 1 aliphatic rings. The van der Waals surface area contributed by atoms with Crippen LogP contribution in [0.4, 0.5) is 4.39 Å². The molecule has 0 saturated heterocycles. The maximum atomic E-state index is 14.0. The van der Waals surface area contributed by atoms with Crippen LogP contribution in [-0.4, -0.2) is 16.1 Å². The fourth-order valence-corrected chi connectivity index (χ4v) is 2.72. The number of benzene rings is 1. The van der Waals surface area contributed by atoms with Gasteiger partial charge in [0.05, 0.1) is 11.6 Å². The third-order valence-corrected chi connectivity index (χ3v) is 4.29. The van der Waals surface area contributed by atoms with E-state index in [2.05, 4.69) is 28.0 Å². The van der Waals surface area contributed by atoms with Crippen LogP contribution in [0, 0.1) is 11.7 Å². The van der Waals surface area contributed by atoms with E-state index in [0.29, 0.717) is 27.2 Å². The highest BCUT2D eigenvalue weighted by atomic mass is 79.9. The summed E-state index contributed by atoms with van der Waals surface area (Å²) < 4.78 is 16.5. The normalized spacial score (nSPS) is 16.1. The van der Waals surface area contributed by atoms with Crippen molar-refractivity contribution in [1.82, 2.24) is 9.78 Å². The molecule has 0 spiro atoms. The minimum Gasteiger partial charge on any atom is -0.298 e. The van der Waals surface area contributed by atoms with Gasteiger partial charge in [-0.05, 0) is 43.9 Å². The lowest BCUT2D eigenvalue weighted by atomic mass is 10.1. The standard InChI is InChI=1S/C15H14BrFN2O/c1-9(10-2-3-10)19-7-11(8-20)15(18-19)13-5-4-12(16)6-14(13)17/h4-10H,2-3H2,1H3. The van der Waals surface area contributed by atoms with E-state index in [0.717, 1.165) is 6.29 Å². The molecular formula is C15H14BrFN2O. The van der Waals surface area contributed by atoms with E-state index in [1.165, 1.54) is 18.9 Å². The number of halogens is 2. The highest BCUT2D eigenvalue weighted by Gasteiger charge is 2.30. The fourth-order valence-electron chi connectivity index (χ4n) is 2.39. The molecular weight excluding hydrogens is 323 g/mol. The SMILES string of the molecule is CC(C1CC1)n1cc(C=O)c(-c2ccc(Br)cc2F)n1. The molecule has 104 valence electrons. The zero-order valence-corrected chi connectivity index (χ0v) is 12.6. The van der Waals surface area contributed by atoms with Crippen molar-refractivity contribution in [3.63, 3.8) is 0 Å². The number of carbonyl (C=O) groups is 1. The van der Waals surface area contributed by atoms with Crippen molar-refractivity contribution in [1.29, 1.82) is 0 Å². The predicted molar refractivity (Wildman–Crippen MR) is 78.1 cm³/mol. The molecule has 0 bridgehead atoms. The van der Waals surface area contributed by atoms with Crippen LogP contribution in [0.5, 0.6) is 0 Å². The lowest BCUT2D eigenvalue weighted by Gasteiger charge is -2.10. The van der Waals surface area contributed by atoms with E-state index in [1.807, 2.05) is 0 Å². The van der Waals surface area contributed by atoms with Crippen molar-refractivity contribution in [2.24, 2.45) is 5.92 Å². The topological polar surface area (TPSA) is 34.9 Å². The second kappa shape index (κ2) is 5.13. The maximum Gasteiger partial charge on any atom is 0.153 e. The Morgan fingerprint density at radius 2 is 2.25 bits per heavy atom. The number of nitrogens with zero attached hydrogens (tertiary/aromatic N) is 2. The Morgan fingerprint density at radius 1 is 1.50 bits per heavy atom. The van der Waals surface area contributed by atoms with Gasteiger partial charge in [0.2, 0.25) is 0 Å². The van der Waals surface area contributed by atoms with Gasteiger partial charge in [0, 0.05) is 16.2 Å². The zero-order valence-electron chi connectivity index (χ0n) is 11.0. The Morgan fingerprint density at radius 3 is 2.85 bits per heavy atom. The predicted octanol–water partition coefficient (Wildman–Crippen LogP) is 4.24. The van der Waals surface area contributed by atoms with Crippen LogP contribution < -0.4 is 0 Å². The summed E-state index contributed by atoms with van der Waals surface area (Å²) in [6.45, 7) is 2.08. The van der Waals surface area contributed by atoms with E-state index < -0.39 is 0 Å². The molecule has 0 N–H and O–H groups in total. The van der Waals surface area contributed by atoms with Gasteiger partial charge >= 0.3 is 0 Å². The fraction of sp³-hybridized carbons (Fsp3) is 0.333. The van der Waals surface area contributed by atoms with Crippen molar-refractivity contribution in [2.45, 2.75) is 25.8 Å². The first kappa shape index (κ1) is 13.5. The molecule has 5 heteroatoms. The second-order valence-corrected chi connectivity index (χ2v) is 6.15. The first-order chi connectivity index (χ1) is 9.60. The van der Waals surface area contributed by atoms with Gasteiger partial charge in [0.15, 0.2) is 6.29 Å². The molecule has 1 saturated carbocycles. The highest BCUT2D eigenvalue weighted by molar-refractivity contribution is 9.10. The molecule has 20 heavy (non-hydrogen) atoms. The Bertz CT molecular complexity index is 664. The average Bonchev–Trinajstić information content (AvgIpc) is 3.18. The number of rotatable bonds is 4. The molecule has 3 rings (SSSR count). The van der Waals surface area contributed by atoms with Crippen LogP contribution >= 0.6 is 15.9 Å². The van der Waals surface area contributed by atoms with Gasteiger partial charge in [0.1, 0.15) is 11.5 Å². The van der Waals surface area contributed by atoms with E-state index in [9.17, 15) is 9.18 Å². The number of aldehydes is 1. The smallest absolute Gasteiger partial charge is 0.153 e. The summed E-state index contributed by atoms with van der Waals surface area (Å²) in [7, 11) is 0. The van der Waals surface area contributed by atoms with Crippen LogP contribution in [-0.2, 0) is 0 Å². The van der Waals surface area contributed by atoms with Crippen LogP contribution in [0.2, 0.25) is 0 Å². The van der Waals surface area contributed by atoms with Crippen LogP contribution in [0.3, 0.4) is 0 Å². The lowest BCUT2D eigenvalue weighted by molar-refractivity contribution is 0.112. The van der Waals surface area contributed by atoms with E-state index in [4.69, 9.17) is 0 Å². The Balaban J connectivity index is 2.05.